The lowest BCUT2D eigenvalue weighted by molar-refractivity contribution is 0.257. The Morgan fingerprint density at radius 2 is 1.83 bits per heavy atom. The van der Waals surface area contributed by atoms with Gasteiger partial charge in [-0.2, -0.15) is 4.80 Å². The van der Waals surface area contributed by atoms with Crippen molar-refractivity contribution in [3.05, 3.63) is 78.1 Å². The number of tetrazole rings is 1. The summed E-state index contributed by atoms with van der Waals surface area (Å²) < 4.78 is 15.6. The summed E-state index contributed by atoms with van der Waals surface area (Å²) in [5.74, 6) is 0.551. The van der Waals surface area contributed by atoms with Crippen LogP contribution in [0.1, 0.15) is 24.4 Å². The molecule has 6 heteroatoms. The molecule has 146 valence electrons. The van der Waals surface area contributed by atoms with E-state index in [-0.39, 0.29) is 17.8 Å². The van der Waals surface area contributed by atoms with Gasteiger partial charge in [0, 0.05) is 23.1 Å². The zero-order chi connectivity index (χ0) is 19.6. The molecular weight excluding hydrogens is 365 g/mol. The third-order valence-electron chi connectivity index (χ3n) is 5.70. The highest BCUT2D eigenvalue weighted by Crippen LogP contribution is 2.34. The van der Waals surface area contributed by atoms with Crippen LogP contribution in [-0.4, -0.2) is 33.3 Å². The van der Waals surface area contributed by atoms with Gasteiger partial charge >= 0.3 is 0 Å². The number of hydrogen-bond donors (Lipinski definition) is 1. The first-order valence-corrected chi connectivity index (χ1v) is 10.0. The Labute approximate surface area is 168 Å². The van der Waals surface area contributed by atoms with Crippen LogP contribution < -0.4 is 5.32 Å². The van der Waals surface area contributed by atoms with Gasteiger partial charge < -0.3 is 5.32 Å². The Bertz CT molecular complexity index is 1120. The average Bonchev–Trinajstić information content (AvgIpc) is 3.27. The fourth-order valence-corrected chi connectivity index (χ4v) is 4.24. The predicted octanol–water partition coefficient (Wildman–Crippen LogP) is 4.22. The Kier molecular flexibility index (Phi) is 4.77. The van der Waals surface area contributed by atoms with Crippen LogP contribution in [0.15, 0.2) is 66.7 Å². The molecule has 1 fully saturated rings. The van der Waals surface area contributed by atoms with Gasteiger partial charge in [-0.1, -0.05) is 66.7 Å². The van der Waals surface area contributed by atoms with Gasteiger partial charge in [-0.3, -0.25) is 0 Å². The molecule has 1 aliphatic heterocycles. The number of hydrogen-bond acceptors (Lipinski definition) is 4. The second kappa shape index (κ2) is 7.72. The molecule has 1 aromatic heterocycles. The standard InChI is InChI=1S/C23H22FN5/c24-21-19-11-5-4-7-16(19)12-13-20(21)22(18-10-6-14-25-15-18)29-27-23(26-28-29)17-8-2-1-3-9-17/h1-5,7-9,11-13,18,22,25H,6,10,14-15H2/t18-,22-/m1/s1. The summed E-state index contributed by atoms with van der Waals surface area (Å²) in [6.07, 6.45) is 2.04. The number of rotatable bonds is 4. The molecule has 1 saturated heterocycles. The smallest absolute Gasteiger partial charge is 0.204 e. The summed E-state index contributed by atoms with van der Waals surface area (Å²) in [4.78, 5) is 1.60. The molecule has 29 heavy (non-hydrogen) atoms. The van der Waals surface area contributed by atoms with Crippen LogP contribution in [0.2, 0.25) is 0 Å². The van der Waals surface area contributed by atoms with Gasteiger partial charge in [0.1, 0.15) is 11.9 Å². The molecule has 0 aliphatic carbocycles. The molecule has 5 nitrogen and oxygen atoms in total. The largest absolute Gasteiger partial charge is 0.316 e. The highest BCUT2D eigenvalue weighted by atomic mass is 19.1. The van der Waals surface area contributed by atoms with Crippen molar-refractivity contribution < 1.29 is 4.39 Å². The van der Waals surface area contributed by atoms with Crippen molar-refractivity contribution in [1.29, 1.82) is 0 Å². The van der Waals surface area contributed by atoms with E-state index in [2.05, 4.69) is 20.7 Å². The van der Waals surface area contributed by atoms with Crippen molar-refractivity contribution in [2.45, 2.75) is 18.9 Å². The minimum atomic E-state index is -0.308. The maximum Gasteiger partial charge on any atom is 0.204 e. The fourth-order valence-electron chi connectivity index (χ4n) is 4.24. The first kappa shape index (κ1) is 17.9. The van der Waals surface area contributed by atoms with Gasteiger partial charge in [0.15, 0.2) is 0 Å². The van der Waals surface area contributed by atoms with E-state index in [0.29, 0.717) is 16.8 Å². The van der Waals surface area contributed by atoms with Crippen LogP contribution >= 0.6 is 0 Å². The molecule has 1 N–H and O–H groups in total. The number of piperidine rings is 1. The zero-order valence-electron chi connectivity index (χ0n) is 16.0. The van der Waals surface area contributed by atoms with Crippen LogP contribution in [0, 0.1) is 11.7 Å². The maximum absolute atomic E-state index is 15.6. The molecule has 2 atom stereocenters. The fraction of sp³-hybridized carbons (Fsp3) is 0.261. The average molecular weight is 387 g/mol. The quantitative estimate of drug-likeness (QED) is 0.570. The van der Waals surface area contributed by atoms with E-state index in [4.69, 9.17) is 0 Å². The van der Waals surface area contributed by atoms with E-state index in [1.165, 1.54) is 0 Å². The molecule has 1 aliphatic rings. The summed E-state index contributed by atoms with van der Waals surface area (Å²) in [6.45, 7) is 1.79. The van der Waals surface area contributed by atoms with Crippen molar-refractivity contribution in [2.24, 2.45) is 5.92 Å². The van der Waals surface area contributed by atoms with E-state index in [9.17, 15) is 0 Å². The third-order valence-corrected chi connectivity index (χ3v) is 5.70. The van der Waals surface area contributed by atoms with Crippen LogP contribution in [0.4, 0.5) is 4.39 Å². The maximum atomic E-state index is 15.6. The Hall–Kier alpha value is -3.12. The highest BCUT2D eigenvalue weighted by Gasteiger charge is 2.31. The lowest BCUT2D eigenvalue weighted by Crippen LogP contribution is -2.36. The Morgan fingerprint density at radius 3 is 2.66 bits per heavy atom. The summed E-state index contributed by atoms with van der Waals surface area (Å²) in [5.41, 5.74) is 1.52. The van der Waals surface area contributed by atoms with Crippen LogP contribution in [-0.2, 0) is 0 Å². The zero-order valence-corrected chi connectivity index (χ0v) is 16.0. The van der Waals surface area contributed by atoms with E-state index in [1.54, 1.807) is 4.80 Å². The summed E-state index contributed by atoms with van der Waals surface area (Å²) in [5, 5.41) is 18.2. The first-order chi connectivity index (χ1) is 14.3. The summed E-state index contributed by atoms with van der Waals surface area (Å²) in [7, 11) is 0. The van der Waals surface area contributed by atoms with Gasteiger partial charge in [0.25, 0.3) is 0 Å². The van der Waals surface area contributed by atoms with Crippen molar-refractivity contribution in [3.63, 3.8) is 0 Å². The minimum absolute atomic E-state index is 0.192. The van der Waals surface area contributed by atoms with Crippen LogP contribution in [0.25, 0.3) is 22.2 Å². The van der Waals surface area contributed by atoms with Gasteiger partial charge in [-0.15, -0.1) is 10.2 Å². The number of benzene rings is 3. The van der Waals surface area contributed by atoms with Crippen molar-refractivity contribution in [3.8, 4) is 11.4 Å². The van der Waals surface area contributed by atoms with E-state index in [1.807, 2.05) is 66.7 Å². The molecule has 0 bridgehead atoms. The van der Waals surface area contributed by atoms with Crippen molar-refractivity contribution in [2.75, 3.05) is 13.1 Å². The Morgan fingerprint density at radius 1 is 1.00 bits per heavy atom. The molecule has 0 unspecified atom stereocenters. The molecule has 0 saturated carbocycles. The van der Waals surface area contributed by atoms with Gasteiger partial charge in [-0.05, 0) is 35.9 Å². The molecular formula is C23H22FN5. The molecule has 5 rings (SSSR count). The number of nitrogens with one attached hydrogen (secondary N) is 1. The van der Waals surface area contributed by atoms with E-state index < -0.39 is 0 Å². The lowest BCUT2D eigenvalue weighted by atomic mass is 9.86. The predicted molar refractivity (Wildman–Crippen MR) is 111 cm³/mol. The van der Waals surface area contributed by atoms with Crippen molar-refractivity contribution >= 4 is 10.8 Å². The Balaban J connectivity index is 1.61. The monoisotopic (exact) mass is 387 g/mol. The second-order valence-electron chi connectivity index (χ2n) is 7.54. The molecule has 0 spiro atoms. The second-order valence-corrected chi connectivity index (χ2v) is 7.54. The first-order valence-electron chi connectivity index (χ1n) is 10.0. The lowest BCUT2D eigenvalue weighted by Gasteiger charge is -2.30. The van der Waals surface area contributed by atoms with Gasteiger partial charge in [0.2, 0.25) is 5.82 Å². The van der Waals surface area contributed by atoms with Crippen LogP contribution in [0.5, 0.6) is 0 Å². The van der Waals surface area contributed by atoms with Gasteiger partial charge in [-0.25, -0.2) is 4.39 Å². The topological polar surface area (TPSA) is 55.6 Å². The number of fused-ring (bicyclic) bond motifs is 1. The van der Waals surface area contributed by atoms with Crippen molar-refractivity contribution in [1.82, 2.24) is 25.5 Å². The van der Waals surface area contributed by atoms with Crippen LogP contribution in [0.3, 0.4) is 0 Å². The van der Waals surface area contributed by atoms with Gasteiger partial charge in [0.05, 0.1) is 0 Å². The third kappa shape index (κ3) is 3.40. The molecule has 0 amide bonds. The number of aromatic nitrogens is 4. The molecule has 4 aromatic rings. The highest BCUT2D eigenvalue weighted by molar-refractivity contribution is 5.83. The summed E-state index contributed by atoms with van der Waals surface area (Å²) in [6, 6.07) is 20.9. The van der Waals surface area contributed by atoms with E-state index in [0.717, 1.165) is 36.9 Å². The normalized spacial score (nSPS) is 18.0. The molecule has 3 aromatic carbocycles. The summed E-state index contributed by atoms with van der Waals surface area (Å²) >= 11 is 0. The molecule has 0 radical (unpaired) electrons. The van der Waals surface area contributed by atoms with E-state index >= 15 is 4.39 Å². The number of halogens is 1. The minimum Gasteiger partial charge on any atom is -0.316 e. The SMILES string of the molecule is Fc1c([C@@H]([C@@H]2CCCNC2)n2nnc(-c3ccccc3)n2)ccc2ccccc12. The molecule has 2 heterocycles. The number of nitrogens with zero attached hydrogens (tertiary/aromatic N) is 4.